The molecule has 0 atom stereocenters. The summed E-state index contributed by atoms with van der Waals surface area (Å²) in [6.45, 7) is 0.0822. The van der Waals surface area contributed by atoms with Crippen molar-refractivity contribution in [1.82, 2.24) is 0 Å². The van der Waals surface area contributed by atoms with Crippen molar-refractivity contribution in [3.8, 4) is 0 Å². The lowest BCUT2D eigenvalue weighted by Crippen LogP contribution is -2.12. The van der Waals surface area contributed by atoms with Crippen molar-refractivity contribution in [1.29, 1.82) is 0 Å². The third kappa shape index (κ3) is 5.02. The third-order valence-corrected chi connectivity index (χ3v) is 4.28. The first-order valence-electron chi connectivity index (χ1n) is 7.12. The number of benzene rings is 2. The van der Waals surface area contributed by atoms with Crippen molar-refractivity contribution >= 4 is 21.2 Å². The van der Waals surface area contributed by atoms with Crippen LogP contribution in [0.4, 0.5) is 5.69 Å². The lowest BCUT2D eigenvalue weighted by atomic mass is 10.1. The van der Waals surface area contributed by atoms with Crippen LogP contribution in [-0.4, -0.2) is 27.0 Å². The Morgan fingerprint density at radius 3 is 2.29 bits per heavy atom. The quantitative estimate of drug-likeness (QED) is 0.614. The largest absolute Gasteiger partial charge is 0.400 e. The second kappa shape index (κ2) is 7.87. The fraction of sp³-hybridized carbons (Fsp3) is 0.118. The summed E-state index contributed by atoms with van der Waals surface area (Å²) >= 11 is 0. The number of aliphatic imine (C=N–C) groups is 1. The minimum Gasteiger partial charge on any atom is -0.400 e. The molecule has 0 saturated heterocycles. The van der Waals surface area contributed by atoms with E-state index in [1.807, 2.05) is 30.3 Å². The van der Waals surface area contributed by atoms with Crippen LogP contribution < -0.4 is 11.6 Å². The van der Waals surface area contributed by atoms with Crippen LogP contribution in [0, 0.1) is 0 Å². The molecular formula is C17H19N3O3S. The van der Waals surface area contributed by atoms with E-state index >= 15 is 0 Å². The molecule has 0 fully saturated rings. The van der Waals surface area contributed by atoms with E-state index in [1.54, 1.807) is 18.2 Å². The number of hydrogen-bond acceptors (Lipinski definition) is 6. The Kier molecular flexibility index (Phi) is 5.86. The van der Waals surface area contributed by atoms with Crippen molar-refractivity contribution in [2.24, 2.45) is 16.6 Å². The van der Waals surface area contributed by atoms with Crippen LogP contribution in [0.25, 0.3) is 0 Å². The van der Waals surface area contributed by atoms with Crippen molar-refractivity contribution in [2.75, 3.05) is 12.9 Å². The normalized spacial score (nSPS) is 13.1. The zero-order valence-corrected chi connectivity index (χ0v) is 14.0. The van der Waals surface area contributed by atoms with Gasteiger partial charge in [0.25, 0.3) is 0 Å². The molecule has 0 bridgehead atoms. The monoisotopic (exact) mass is 345 g/mol. The Bertz CT molecular complexity index is 842. The number of nitrogens with zero attached hydrogens (tertiary/aromatic N) is 1. The Balaban J connectivity index is 2.43. The first-order chi connectivity index (χ1) is 11.4. The number of rotatable bonds is 6. The van der Waals surface area contributed by atoms with E-state index in [9.17, 15) is 8.42 Å². The predicted octanol–water partition coefficient (Wildman–Crippen LogP) is 1.94. The molecule has 0 aliphatic rings. The zero-order chi connectivity index (χ0) is 17.6. The van der Waals surface area contributed by atoms with Crippen LogP contribution in [0.3, 0.4) is 0 Å². The second-order valence-corrected chi connectivity index (χ2v) is 7.18. The van der Waals surface area contributed by atoms with Crippen LogP contribution in [0.2, 0.25) is 0 Å². The molecule has 0 aliphatic heterocycles. The molecule has 126 valence electrons. The van der Waals surface area contributed by atoms with E-state index in [0.29, 0.717) is 17.1 Å². The van der Waals surface area contributed by atoms with Crippen LogP contribution >= 0.6 is 0 Å². The molecule has 0 aromatic heterocycles. The van der Waals surface area contributed by atoms with Gasteiger partial charge in [-0.15, -0.1) is 0 Å². The molecule has 0 aliphatic carbocycles. The summed E-state index contributed by atoms with van der Waals surface area (Å²) in [6, 6.07) is 15.8. The van der Waals surface area contributed by atoms with Crippen LogP contribution in [0.15, 0.2) is 76.3 Å². The molecule has 0 radical (unpaired) electrons. The summed E-state index contributed by atoms with van der Waals surface area (Å²) in [4.78, 5) is 9.32. The topological polar surface area (TPSA) is 108 Å². The maximum Gasteiger partial charge on any atom is 0.175 e. The molecule has 6 nitrogen and oxygen atoms in total. The van der Waals surface area contributed by atoms with Gasteiger partial charge in [0.1, 0.15) is 6.61 Å². The molecule has 24 heavy (non-hydrogen) atoms. The highest BCUT2D eigenvalue weighted by Gasteiger charge is 2.07. The maximum absolute atomic E-state index is 11.5. The van der Waals surface area contributed by atoms with E-state index in [-0.39, 0.29) is 11.5 Å². The van der Waals surface area contributed by atoms with Crippen molar-refractivity contribution in [2.45, 2.75) is 4.90 Å². The van der Waals surface area contributed by atoms with Gasteiger partial charge in [-0.3, -0.25) is 4.84 Å². The van der Waals surface area contributed by atoms with Gasteiger partial charge in [0.05, 0.1) is 16.3 Å². The average Bonchev–Trinajstić information content (AvgIpc) is 2.55. The molecule has 2 rings (SSSR count). The zero-order valence-electron chi connectivity index (χ0n) is 13.2. The van der Waals surface area contributed by atoms with Gasteiger partial charge in [0.2, 0.25) is 0 Å². The summed E-state index contributed by atoms with van der Waals surface area (Å²) in [6.07, 6.45) is 2.84. The molecule has 0 spiro atoms. The van der Waals surface area contributed by atoms with Gasteiger partial charge in [-0.05, 0) is 30.3 Å². The van der Waals surface area contributed by atoms with E-state index < -0.39 is 9.84 Å². The highest BCUT2D eigenvalue weighted by atomic mass is 32.2. The van der Waals surface area contributed by atoms with Gasteiger partial charge < -0.3 is 5.73 Å². The Labute approximate surface area is 141 Å². The predicted molar refractivity (Wildman–Crippen MR) is 94.6 cm³/mol. The summed E-state index contributed by atoms with van der Waals surface area (Å²) in [5, 5.41) is 0. The van der Waals surface area contributed by atoms with Gasteiger partial charge in [-0.1, -0.05) is 30.3 Å². The molecule has 2 aromatic rings. The van der Waals surface area contributed by atoms with Crippen molar-refractivity contribution in [3.63, 3.8) is 0 Å². The molecule has 0 amide bonds. The Morgan fingerprint density at radius 2 is 1.75 bits per heavy atom. The summed E-state index contributed by atoms with van der Waals surface area (Å²) < 4.78 is 23.0. The smallest absolute Gasteiger partial charge is 0.175 e. The third-order valence-electron chi connectivity index (χ3n) is 3.16. The van der Waals surface area contributed by atoms with Crippen molar-refractivity contribution in [3.05, 3.63) is 71.9 Å². The number of sulfone groups is 1. The molecular weight excluding hydrogens is 326 g/mol. The van der Waals surface area contributed by atoms with Gasteiger partial charge in [0.15, 0.2) is 9.84 Å². The Morgan fingerprint density at radius 1 is 1.12 bits per heavy atom. The highest BCUT2D eigenvalue weighted by molar-refractivity contribution is 7.90. The molecule has 7 heteroatoms. The number of nitrogens with two attached hydrogens (primary N) is 2. The average molecular weight is 345 g/mol. The number of hydrogen-bond donors (Lipinski definition) is 2. The summed E-state index contributed by atoms with van der Waals surface area (Å²) in [5.74, 6) is 5.04. The maximum atomic E-state index is 11.5. The second-order valence-electron chi connectivity index (χ2n) is 5.16. The van der Waals surface area contributed by atoms with Crippen LogP contribution in [0.1, 0.15) is 5.56 Å². The molecule has 4 N–H and O–H groups in total. The molecule has 0 saturated carbocycles. The van der Waals surface area contributed by atoms with Gasteiger partial charge in [0, 0.05) is 17.5 Å². The first kappa shape index (κ1) is 17.9. The van der Waals surface area contributed by atoms with Gasteiger partial charge >= 0.3 is 0 Å². The van der Waals surface area contributed by atoms with Gasteiger partial charge in [-0.25, -0.2) is 19.3 Å². The lowest BCUT2D eigenvalue weighted by Gasteiger charge is -2.05. The van der Waals surface area contributed by atoms with E-state index in [2.05, 4.69) is 9.83 Å². The lowest BCUT2D eigenvalue weighted by molar-refractivity contribution is 0.160. The standard InChI is InChI=1S/C17H19N3O3S/c1-24(21,22)16-9-7-15(8-10-16)20-17(11-14(18)12-23-19)13-5-3-2-4-6-13/h2-11H,12,18-19H2,1H3/b14-11-,20-17?. The fourth-order valence-corrected chi connectivity index (χ4v) is 2.64. The van der Waals surface area contributed by atoms with Crippen LogP contribution in [0.5, 0.6) is 0 Å². The molecule has 0 heterocycles. The van der Waals surface area contributed by atoms with Crippen LogP contribution in [-0.2, 0) is 14.7 Å². The van der Waals surface area contributed by atoms with E-state index in [1.165, 1.54) is 12.1 Å². The summed E-state index contributed by atoms with van der Waals surface area (Å²) in [7, 11) is -3.24. The SMILES string of the molecule is CS(=O)(=O)c1ccc(N=C(/C=C(\N)CON)c2ccccc2)cc1. The van der Waals surface area contributed by atoms with E-state index in [0.717, 1.165) is 11.8 Å². The minimum absolute atomic E-state index is 0.0822. The highest BCUT2D eigenvalue weighted by Crippen LogP contribution is 2.18. The van der Waals surface area contributed by atoms with Gasteiger partial charge in [-0.2, -0.15) is 0 Å². The molecule has 0 unspecified atom stereocenters. The van der Waals surface area contributed by atoms with Crippen molar-refractivity contribution < 1.29 is 13.3 Å². The minimum atomic E-state index is -3.24. The molecule has 2 aromatic carbocycles. The summed E-state index contributed by atoms with van der Waals surface area (Å²) in [5.41, 5.74) is 8.38. The Hall–Kier alpha value is -2.48. The van der Waals surface area contributed by atoms with E-state index in [4.69, 9.17) is 11.6 Å². The number of allylic oxidation sites excluding steroid dienone is 1. The first-order valence-corrected chi connectivity index (χ1v) is 9.01. The fourth-order valence-electron chi connectivity index (χ4n) is 2.01.